The molecule has 0 atom stereocenters. The van der Waals surface area contributed by atoms with E-state index in [1.165, 1.54) is 6.07 Å². The quantitative estimate of drug-likeness (QED) is 0.776. The number of alkyl halides is 3. The van der Waals surface area contributed by atoms with E-state index in [4.69, 9.17) is 0 Å². The minimum absolute atomic E-state index is 0.109. The van der Waals surface area contributed by atoms with E-state index in [0.717, 1.165) is 36.6 Å². The van der Waals surface area contributed by atoms with Crippen molar-refractivity contribution < 1.29 is 18.0 Å². The van der Waals surface area contributed by atoms with Crippen LogP contribution in [0.4, 0.5) is 19.0 Å². The summed E-state index contributed by atoms with van der Waals surface area (Å²) >= 11 is 1.88. The molecule has 1 aromatic heterocycles. The molecule has 2 N–H and O–H groups in total. The van der Waals surface area contributed by atoms with Gasteiger partial charge in [0, 0.05) is 25.2 Å². The number of nitrogens with one attached hydrogen (secondary N) is 2. The van der Waals surface area contributed by atoms with Gasteiger partial charge < -0.3 is 10.6 Å². The summed E-state index contributed by atoms with van der Waals surface area (Å²) in [6, 6.07) is 2.30. The monoisotopic (exact) mass is 347 g/mol. The maximum Gasteiger partial charge on any atom is 0.417 e. The number of aromatic nitrogens is 1. The zero-order chi connectivity index (χ0) is 16.7. The van der Waals surface area contributed by atoms with Crippen molar-refractivity contribution in [2.75, 3.05) is 29.9 Å². The second-order valence-electron chi connectivity index (χ2n) is 5.39. The zero-order valence-electron chi connectivity index (χ0n) is 12.7. The highest BCUT2D eigenvalue weighted by Gasteiger charge is 2.30. The molecule has 0 saturated carbocycles. The largest absolute Gasteiger partial charge is 0.417 e. The summed E-state index contributed by atoms with van der Waals surface area (Å²) in [5.74, 6) is 2.71. The zero-order valence-corrected chi connectivity index (χ0v) is 13.5. The second-order valence-corrected chi connectivity index (χ2v) is 6.61. The van der Waals surface area contributed by atoms with Crippen LogP contribution in [0.2, 0.25) is 0 Å². The number of carbonyl (C=O) groups is 1. The SMILES string of the molecule is O=C(NCCCNc1ccc(C(F)(F)F)cn1)C1CCSCC1. The summed E-state index contributed by atoms with van der Waals surface area (Å²) in [5.41, 5.74) is -0.763. The standard InChI is InChI=1S/C15H20F3N3OS/c16-15(17,18)12-2-3-13(21-10-12)19-6-1-7-20-14(22)11-4-8-23-9-5-11/h2-3,10-11H,1,4-9H2,(H,19,21)(H,20,22). The van der Waals surface area contributed by atoms with Gasteiger partial charge in [-0.2, -0.15) is 24.9 Å². The Balaban J connectivity index is 1.62. The van der Waals surface area contributed by atoms with E-state index < -0.39 is 11.7 Å². The van der Waals surface area contributed by atoms with Crippen LogP contribution in [0.5, 0.6) is 0 Å². The number of anilines is 1. The molecule has 1 aromatic rings. The fourth-order valence-corrected chi connectivity index (χ4v) is 3.39. The predicted molar refractivity (Wildman–Crippen MR) is 85.4 cm³/mol. The van der Waals surface area contributed by atoms with Crippen LogP contribution >= 0.6 is 11.8 Å². The normalized spacial score (nSPS) is 16.1. The fraction of sp³-hybridized carbons (Fsp3) is 0.600. The Bertz CT molecular complexity index is 502. The first-order chi connectivity index (χ1) is 11.0. The third-order valence-electron chi connectivity index (χ3n) is 3.64. The smallest absolute Gasteiger partial charge is 0.370 e. The third-order valence-corrected chi connectivity index (χ3v) is 4.69. The Morgan fingerprint density at radius 1 is 1.26 bits per heavy atom. The van der Waals surface area contributed by atoms with Gasteiger partial charge in [-0.3, -0.25) is 4.79 Å². The maximum atomic E-state index is 12.4. The van der Waals surface area contributed by atoms with E-state index in [1.54, 1.807) is 0 Å². The highest BCUT2D eigenvalue weighted by atomic mass is 32.2. The lowest BCUT2D eigenvalue weighted by atomic mass is 10.0. The van der Waals surface area contributed by atoms with E-state index in [0.29, 0.717) is 25.3 Å². The van der Waals surface area contributed by atoms with Gasteiger partial charge in [0.1, 0.15) is 5.82 Å². The van der Waals surface area contributed by atoms with Crippen LogP contribution in [0.1, 0.15) is 24.8 Å². The number of carbonyl (C=O) groups excluding carboxylic acids is 1. The summed E-state index contributed by atoms with van der Waals surface area (Å²) in [5, 5.41) is 5.85. The summed E-state index contributed by atoms with van der Waals surface area (Å²) < 4.78 is 37.2. The number of pyridine rings is 1. The minimum atomic E-state index is -4.37. The van der Waals surface area contributed by atoms with Gasteiger partial charge in [-0.25, -0.2) is 4.98 Å². The Hall–Kier alpha value is -1.44. The van der Waals surface area contributed by atoms with Gasteiger partial charge in [0.25, 0.3) is 0 Å². The van der Waals surface area contributed by atoms with Gasteiger partial charge in [0.15, 0.2) is 0 Å². The van der Waals surface area contributed by atoms with E-state index in [1.807, 2.05) is 11.8 Å². The van der Waals surface area contributed by atoms with Crippen molar-refractivity contribution in [3.63, 3.8) is 0 Å². The maximum absolute atomic E-state index is 12.4. The Labute approximate surface area is 137 Å². The Kier molecular flexibility index (Phi) is 6.56. The predicted octanol–water partition coefficient (Wildman–Crippen LogP) is 3.16. The molecule has 23 heavy (non-hydrogen) atoms. The lowest BCUT2D eigenvalue weighted by Gasteiger charge is -2.20. The van der Waals surface area contributed by atoms with Gasteiger partial charge in [0.2, 0.25) is 5.91 Å². The van der Waals surface area contributed by atoms with Gasteiger partial charge in [-0.1, -0.05) is 0 Å². The molecule has 128 valence electrons. The number of hydrogen-bond donors (Lipinski definition) is 2. The van der Waals surface area contributed by atoms with Crippen molar-refractivity contribution in [1.29, 1.82) is 0 Å². The molecule has 0 unspecified atom stereocenters. The molecule has 0 aromatic carbocycles. The average molecular weight is 347 g/mol. The molecule has 1 aliphatic rings. The molecule has 2 heterocycles. The topological polar surface area (TPSA) is 54.0 Å². The summed E-state index contributed by atoms with van der Waals surface area (Å²) in [7, 11) is 0. The molecule has 0 spiro atoms. The van der Waals surface area contributed by atoms with Crippen molar-refractivity contribution in [1.82, 2.24) is 10.3 Å². The van der Waals surface area contributed by atoms with Crippen LogP contribution in [-0.2, 0) is 11.0 Å². The van der Waals surface area contributed by atoms with E-state index in [2.05, 4.69) is 15.6 Å². The second kappa shape index (κ2) is 8.42. The molecular weight excluding hydrogens is 327 g/mol. The lowest BCUT2D eigenvalue weighted by Crippen LogP contribution is -2.34. The third kappa shape index (κ3) is 5.93. The lowest BCUT2D eigenvalue weighted by molar-refractivity contribution is -0.137. The molecule has 0 aliphatic carbocycles. The molecule has 0 radical (unpaired) electrons. The van der Waals surface area contributed by atoms with E-state index in [-0.39, 0.29) is 11.8 Å². The van der Waals surface area contributed by atoms with Crippen LogP contribution in [-0.4, -0.2) is 35.5 Å². The molecule has 2 rings (SSSR count). The number of hydrogen-bond acceptors (Lipinski definition) is 4. The fourth-order valence-electron chi connectivity index (χ4n) is 2.29. The van der Waals surface area contributed by atoms with E-state index >= 15 is 0 Å². The highest BCUT2D eigenvalue weighted by Crippen LogP contribution is 2.28. The minimum Gasteiger partial charge on any atom is -0.370 e. The first-order valence-corrected chi connectivity index (χ1v) is 8.75. The van der Waals surface area contributed by atoms with Crippen molar-refractivity contribution in [3.8, 4) is 0 Å². The molecule has 4 nitrogen and oxygen atoms in total. The van der Waals surface area contributed by atoms with Gasteiger partial charge in [-0.05, 0) is 42.9 Å². The molecular formula is C15H20F3N3OS. The molecule has 1 aliphatic heterocycles. The van der Waals surface area contributed by atoms with Crippen molar-refractivity contribution in [3.05, 3.63) is 23.9 Å². The van der Waals surface area contributed by atoms with Crippen LogP contribution < -0.4 is 10.6 Å². The molecule has 1 fully saturated rings. The van der Waals surface area contributed by atoms with Crippen molar-refractivity contribution >= 4 is 23.5 Å². The van der Waals surface area contributed by atoms with Gasteiger partial charge in [0.05, 0.1) is 5.56 Å². The number of rotatable bonds is 6. The van der Waals surface area contributed by atoms with Crippen LogP contribution in [0.25, 0.3) is 0 Å². The molecule has 1 saturated heterocycles. The number of amides is 1. The Morgan fingerprint density at radius 2 is 2.00 bits per heavy atom. The van der Waals surface area contributed by atoms with Crippen LogP contribution in [0.15, 0.2) is 18.3 Å². The summed E-state index contributed by atoms with van der Waals surface area (Å²) in [6.45, 7) is 1.09. The average Bonchev–Trinajstić information content (AvgIpc) is 2.55. The van der Waals surface area contributed by atoms with E-state index in [9.17, 15) is 18.0 Å². The highest BCUT2D eigenvalue weighted by molar-refractivity contribution is 7.99. The number of nitrogens with zero attached hydrogens (tertiary/aromatic N) is 1. The summed E-state index contributed by atoms with van der Waals surface area (Å²) in [4.78, 5) is 15.6. The van der Waals surface area contributed by atoms with Crippen molar-refractivity contribution in [2.24, 2.45) is 5.92 Å². The molecule has 8 heteroatoms. The molecule has 1 amide bonds. The first-order valence-electron chi connectivity index (χ1n) is 7.59. The number of thioether (sulfide) groups is 1. The Morgan fingerprint density at radius 3 is 2.61 bits per heavy atom. The van der Waals surface area contributed by atoms with Gasteiger partial charge in [-0.15, -0.1) is 0 Å². The van der Waals surface area contributed by atoms with Crippen molar-refractivity contribution in [2.45, 2.75) is 25.4 Å². The number of halogens is 3. The van der Waals surface area contributed by atoms with Crippen LogP contribution in [0.3, 0.4) is 0 Å². The van der Waals surface area contributed by atoms with Crippen LogP contribution in [0, 0.1) is 5.92 Å². The van der Waals surface area contributed by atoms with Gasteiger partial charge >= 0.3 is 6.18 Å². The summed E-state index contributed by atoms with van der Waals surface area (Å²) in [6.07, 6.45) is -0.997. The first kappa shape index (κ1) is 17.9. The molecule has 0 bridgehead atoms.